The smallest absolute Gasteiger partial charge is 0.273 e. The van der Waals surface area contributed by atoms with Gasteiger partial charge in [0, 0.05) is 6.08 Å². The van der Waals surface area contributed by atoms with Gasteiger partial charge in [0.15, 0.2) is 5.96 Å². The summed E-state index contributed by atoms with van der Waals surface area (Å²) in [5.41, 5.74) is 12.6. The van der Waals surface area contributed by atoms with Gasteiger partial charge in [0.25, 0.3) is 5.91 Å². The number of carbonyl (C=O) groups excluding carboxylic acids is 1. The van der Waals surface area contributed by atoms with E-state index in [1.165, 1.54) is 6.08 Å². The lowest BCUT2D eigenvalue weighted by atomic mass is 9.90. The topological polar surface area (TPSA) is 81.5 Å². The first kappa shape index (κ1) is 16.4. The first-order valence-electron chi connectivity index (χ1n) is 6.11. The quantitative estimate of drug-likeness (QED) is 0.348. The molecule has 0 aliphatic rings. The van der Waals surface area contributed by atoms with Crippen molar-refractivity contribution in [1.82, 2.24) is 0 Å². The molecule has 0 aromatic rings. The van der Waals surface area contributed by atoms with Gasteiger partial charge in [0.2, 0.25) is 0 Å². The van der Waals surface area contributed by atoms with Gasteiger partial charge >= 0.3 is 0 Å². The van der Waals surface area contributed by atoms with Gasteiger partial charge in [-0.1, -0.05) is 32.4 Å². The lowest BCUT2D eigenvalue weighted by Gasteiger charge is -2.16. The van der Waals surface area contributed by atoms with Crippen LogP contribution in [0.1, 0.15) is 47.5 Å². The Morgan fingerprint density at radius 2 is 1.72 bits per heavy atom. The van der Waals surface area contributed by atoms with E-state index in [9.17, 15) is 4.79 Å². The molecule has 0 aromatic carbocycles. The first-order valence-corrected chi connectivity index (χ1v) is 6.11. The molecule has 102 valence electrons. The van der Waals surface area contributed by atoms with Crippen LogP contribution in [-0.2, 0) is 4.79 Å². The van der Waals surface area contributed by atoms with Crippen LogP contribution < -0.4 is 11.5 Å². The van der Waals surface area contributed by atoms with E-state index in [1.54, 1.807) is 0 Å². The van der Waals surface area contributed by atoms with Crippen molar-refractivity contribution in [2.24, 2.45) is 21.9 Å². The van der Waals surface area contributed by atoms with E-state index in [1.807, 2.05) is 13.8 Å². The van der Waals surface area contributed by atoms with E-state index in [0.29, 0.717) is 5.41 Å². The van der Waals surface area contributed by atoms with Crippen molar-refractivity contribution >= 4 is 11.9 Å². The molecule has 0 heterocycles. The van der Waals surface area contributed by atoms with Crippen LogP contribution in [0.2, 0.25) is 0 Å². The number of aliphatic imine (C=N–C) groups is 1. The Labute approximate surface area is 110 Å². The number of carbonyl (C=O) groups is 1. The van der Waals surface area contributed by atoms with E-state index in [2.05, 4.69) is 31.8 Å². The molecule has 0 spiro atoms. The van der Waals surface area contributed by atoms with E-state index >= 15 is 0 Å². The van der Waals surface area contributed by atoms with Crippen LogP contribution >= 0.6 is 0 Å². The summed E-state index contributed by atoms with van der Waals surface area (Å²) in [5.74, 6) is -0.630. The molecular formula is C14H25N3O. The third kappa shape index (κ3) is 8.56. The van der Waals surface area contributed by atoms with Gasteiger partial charge in [0.05, 0.1) is 0 Å². The summed E-state index contributed by atoms with van der Waals surface area (Å²) in [5, 5.41) is 0. The number of nitrogens with zero attached hydrogens (tertiary/aromatic N) is 1. The molecule has 0 bridgehead atoms. The molecule has 0 radical (unpaired) electrons. The molecule has 0 fully saturated rings. The molecule has 4 nitrogen and oxygen atoms in total. The second-order valence-electron chi connectivity index (χ2n) is 5.69. The van der Waals surface area contributed by atoms with Crippen LogP contribution in [0.25, 0.3) is 0 Å². The summed E-state index contributed by atoms with van der Waals surface area (Å²) in [4.78, 5) is 14.8. The molecule has 18 heavy (non-hydrogen) atoms. The number of guanidine groups is 1. The minimum Gasteiger partial charge on any atom is -0.370 e. The maximum atomic E-state index is 11.4. The molecule has 4 heteroatoms. The van der Waals surface area contributed by atoms with Gasteiger partial charge in [-0.25, -0.2) is 0 Å². The highest BCUT2D eigenvalue weighted by Crippen LogP contribution is 2.22. The van der Waals surface area contributed by atoms with Crippen LogP contribution in [0.3, 0.4) is 0 Å². The lowest BCUT2D eigenvalue weighted by molar-refractivity contribution is -0.113. The third-order valence-corrected chi connectivity index (χ3v) is 2.55. The van der Waals surface area contributed by atoms with Crippen LogP contribution in [0.15, 0.2) is 28.3 Å². The van der Waals surface area contributed by atoms with E-state index in [-0.39, 0.29) is 5.96 Å². The number of hydrogen-bond donors (Lipinski definition) is 2. The second kappa shape index (κ2) is 6.99. The molecule has 0 saturated heterocycles. The molecule has 0 saturated carbocycles. The normalized spacial score (nSPS) is 13.4. The molecular weight excluding hydrogens is 226 g/mol. The molecule has 0 atom stereocenters. The lowest BCUT2D eigenvalue weighted by Crippen LogP contribution is -2.23. The van der Waals surface area contributed by atoms with E-state index in [0.717, 1.165) is 24.0 Å². The Morgan fingerprint density at radius 1 is 1.17 bits per heavy atom. The van der Waals surface area contributed by atoms with Gasteiger partial charge in [0.1, 0.15) is 0 Å². The van der Waals surface area contributed by atoms with Gasteiger partial charge in [-0.15, -0.1) is 0 Å². The average molecular weight is 251 g/mol. The highest BCUT2D eigenvalue weighted by molar-refractivity contribution is 5.98. The summed E-state index contributed by atoms with van der Waals surface area (Å²) in [7, 11) is 0. The molecule has 0 aliphatic carbocycles. The van der Waals surface area contributed by atoms with Crippen molar-refractivity contribution in [2.75, 3.05) is 0 Å². The molecule has 0 unspecified atom stereocenters. The van der Waals surface area contributed by atoms with Crippen molar-refractivity contribution in [1.29, 1.82) is 0 Å². The second-order valence-corrected chi connectivity index (χ2v) is 5.69. The number of hydrogen-bond acceptors (Lipinski definition) is 1. The molecule has 4 N–H and O–H groups in total. The van der Waals surface area contributed by atoms with Crippen LogP contribution in [-0.4, -0.2) is 11.9 Å². The fourth-order valence-electron chi connectivity index (χ4n) is 1.34. The molecule has 1 amide bonds. The average Bonchev–Trinajstić information content (AvgIpc) is 2.13. The molecule has 0 aliphatic heterocycles. The highest BCUT2D eigenvalue weighted by atomic mass is 16.1. The summed E-state index contributed by atoms with van der Waals surface area (Å²) < 4.78 is 0. The first-order chi connectivity index (χ1) is 8.11. The monoisotopic (exact) mass is 251 g/mol. The zero-order valence-electron chi connectivity index (χ0n) is 12.1. The van der Waals surface area contributed by atoms with Crippen molar-refractivity contribution in [3.8, 4) is 0 Å². The van der Waals surface area contributed by atoms with Gasteiger partial charge in [-0.3, -0.25) is 4.79 Å². The Kier molecular flexibility index (Phi) is 6.37. The summed E-state index contributed by atoms with van der Waals surface area (Å²) in [6.45, 7) is 10.5. The standard InChI is InChI=1S/C14H25N3O/c1-10(7-6-8-14(3,4)5)11(2)9-12(18)17-13(15)16/h7,9H,6,8H2,1-5H3,(H4,15,16,17,18)/b10-7+,11-9+. The van der Waals surface area contributed by atoms with Crippen LogP contribution in [0, 0.1) is 5.41 Å². The fraction of sp³-hybridized carbons (Fsp3) is 0.571. The number of nitrogens with two attached hydrogens (primary N) is 2. The third-order valence-electron chi connectivity index (χ3n) is 2.55. The fourth-order valence-corrected chi connectivity index (χ4v) is 1.34. The number of rotatable bonds is 4. The largest absolute Gasteiger partial charge is 0.370 e. The highest BCUT2D eigenvalue weighted by Gasteiger charge is 2.08. The maximum Gasteiger partial charge on any atom is 0.273 e. The van der Waals surface area contributed by atoms with E-state index in [4.69, 9.17) is 11.5 Å². The maximum absolute atomic E-state index is 11.4. The van der Waals surface area contributed by atoms with Crippen molar-refractivity contribution in [3.63, 3.8) is 0 Å². The minimum atomic E-state index is -0.420. The van der Waals surface area contributed by atoms with Crippen molar-refractivity contribution < 1.29 is 4.79 Å². The van der Waals surface area contributed by atoms with Crippen molar-refractivity contribution in [2.45, 2.75) is 47.5 Å². The van der Waals surface area contributed by atoms with Crippen LogP contribution in [0.4, 0.5) is 0 Å². The van der Waals surface area contributed by atoms with E-state index < -0.39 is 5.91 Å². The van der Waals surface area contributed by atoms with Gasteiger partial charge in [-0.05, 0) is 37.7 Å². The Balaban J connectivity index is 4.54. The zero-order valence-corrected chi connectivity index (χ0v) is 12.1. The summed E-state index contributed by atoms with van der Waals surface area (Å²) >= 11 is 0. The predicted molar refractivity (Wildman–Crippen MR) is 77.0 cm³/mol. The van der Waals surface area contributed by atoms with Gasteiger partial charge in [-0.2, -0.15) is 4.99 Å². The Bertz CT molecular complexity index is 380. The molecule has 0 rings (SSSR count). The Morgan fingerprint density at radius 3 is 2.17 bits per heavy atom. The number of allylic oxidation sites excluding steroid dienone is 3. The SMILES string of the molecule is CC(=C\CCC(C)(C)C)/C(C)=C/C(=O)N=C(N)N. The minimum absolute atomic E-state index is 0.210. The Hall–Kier alpha value is -1.58. The zero-order chi connectivity index (χ0) is 14.3. The van der Waals surface area contributed by atoms with Crippen molar-refractivity contribution in [3.05, 3.63) is 23.3 Å². The molecule has 0 aromatic heterocycles. The van der Waals surface area contributed by atoms with Gasteiger partial charge < -0.3 is 11.5 Å². The summed E-state index contributed by atoms with van der Waals surface area (Å²) in [6, 6.07) is 0. The van der Waals surface area contributed by atoms with Crippen LogP contribution in [0.5, 0.6) is 0 Å². The summed E-state index contributed by atoms with van der Waals surface area (Å²) in [6.07, 6.45) is 5.69. The number of amides is 1. The predicted octanol–water partition coefficient (Wildman–Crippen LogP) is 2.51.